The van der Waals surface area contributed by atoms with E-state index in [-0.39, 0.29) is 16.4 Å². The molecule has 0 atom stereocenters. The summed E-state index contributed by atoms with van der Waals surface area (Å²) in [6.45, 7) is 0. The highest BCUT2D eigenvalue weighted by Gasteiger charge is 2.17. The van der Waals surface area contributed by atoms with Crippen molar-refractivity contribution in [2.75, 3.05) is 0 Å². The number of phenols is 1. The standard InChI is InChI=1S/C9H9N3O3S/c10-12-9(16)11-8(15)7(14)5-2-1-3-6(13)4-5/h1-4,13H,10H2,(H2,11,12,15,16). The van der Waals surface area contributed by atoms with Crippen molar-refractivity contribution in [1.82, 2.24) is 10.7 Å². The SMILES string of the molecule is NNC(=S)NC(=O)C(=O)c1cccc(O)c1. The van der Waals surface area contributed by atoms with Crippen LogP contribution in [0.4, 0.5) is 0 Å². The molecule has 0 radical (unpaired) electrons. The summed E-state index contributed by atoms with van der Waals surface area (Å²) < 4.78 is 0. The van der Waals surface area contributed by atoms with Gasteiger partial charge in [0, 0.05) is 5.56 Å². The largest absolute Gasteiger partial charge is 0.508 e. The Hall–Kier alpha value is -1.99. The Balaban J connectivity index is 2.78. The number of carbonyl (C=O) groups excluding carboxylic acids is 2. The van der Waals surface area contributed by atoms with Gasteiger partial charge in [-0.1, -0.05) is 12.1 Å². The number of hydrazine groups is 1. The molecule has 0 aliphatic rings. The van der Waals surface area contributed by atoms with Crippen LogP contribution in [-0.2, 0) is 4.79 Å². The fraction of sp³-hybridized carbons (Fsp3) is 0. The van der Waals surface area contributed by atoms with E-state index in [1.165, 1.54) is 24.3 Å². The molecule has 84 valence electrons. The van der Waals surface area contributed by atoms with Gasteiger partial charge in [0.15, 0.2) is 5.11 Å². The maximum absolute atomic E-state index is 11.5. The van der Waals surface area contributed by atoms with Gasteiger partial charge in [-0.05, 0) is 24.4 Å². The van der Waals surface area contributed by atoms with Crippen LogP contribution < -0.4 is 16.6 Å². The van der Waals surface area contributed by atoms with E-state index in [2.05, 4.69) is 17.5 Å². The number of benzene rings is 1. The summed E-state index contributed by atoms with van der Waals surface area (Å²) in [4.78, 5) is 22.8. The van der Waals surface area contributed by atoms with Crippen LogP contribution in [0.1, 0.15) is 10.4 Å². The first-order chi connectivity index (χ1) is 7.54. The zero-order chi connectivity index (χ0) is 12.1. The Morgan fingerprint density at radius 1 is 1.38 bits per heavy atom. The lowest BCUT2D eigenvalue weighted by Crippen LogP contribution is -2.45. The number of aromatic hydroxyl groups is 1. The number of nitrogens with one attached hydrogen (secondary N) is 2. The summed E-state index contributed by atoms with van der Waals surface area (Å²) in [5.41, 5.74) is 2.08. The van der Waals surface area contributed by atoms with E-state index in [4.69, 9.17) is 10.9 Å². The van der Waals surface area contributed by atoms with Crippen molar-refractivity contribution in [3.63, 3.8) is 0 Å². The van der Waals surface area contributed by atoms with Gasteiger partial charge in [0.25, 0.3) is 11.7 Å². The Morgan fingerprint density at radius 2 is 2.06 bits per heavy atom. The first-order valence-electron chi connectivity index (χ1n) is 4.20. The first kappa shape index (κ1) is 12.1. The van der Waals surface area contributed by atoms with Crippen molar-refractivity contribution in [2.24, 2.45) is 5.84 Å². The predicted molar refractivity (Wildman–Crippen MR) is 60.5 cm³/mol. The van der Waals surface area contributed by atoms with Gasteiger partial charge in [0.1, 0.15) is 5.75 Å². The molecule has 0 spiro atoms. The summed E-state index contributed by atoms with van der Waals surface area (Å²) in [5.74, 6) is 3.09. The molecule has 1 amide bonds. The highest BCUT2D eigenvalue weighted by atomic mass is 32.1. The average molecular weight is 239 g/mol. The Morgan fingerprint density at radius 3 is 2.62 bits per heavy atom. The van der Waals surface area contributed by atoms with Crippen molar-refractivity contribution >= 4 is 29.0 Å². The molecule has 0 unspecified atom stereocenters. The summed E-state index contributed by atoms with van der Waals surface area (Å²) in [6.07, 6.45) is 0. The number of Topliss-reactive ketones (excluding diaryl/α,β-unsaturated/α-hetero) is 1. The minimum absolute atomic E-state index is 0.0670. The molecule has 0 heterocycles. The normalized spacial score (nSPS) is 9.31. The molecule has 0 saturated heterocycles. The molecule has 1 aromatic carbocycles. The van der Waals surface area contributed by atoms with Gasteiger partial charge >= 0.3 is 0 Å². The zero-order valence-corrected chi connectivity index (χ0v) is 8.88. The summed E-state index contributed by atoms with van der Waals surface area (Å²) in [5, 5.41) is 11.0. The zero-order valence-electron chi connectivity index (χ0n) is 8.06. The molecule has 6 nitrogen and oxygen atoms in total. The Labute approximate surface area is 96.4 Å². The summed E-state index contributed by atoms with van der Waals surface area (Å²) in [6, 6.07) is 5.43. The molecule has 0 fully saturated rings. The molecule has 1 rings (SSSR count). The van der Waals surface area contributed by atoms with Crippen molar-refractivity contribution in [3.05, 3.63) is 29.8 Å². The molecule has 7 heteroatoms. The van der Waals surface area contributed by atoms with Crippen LogP contribution in [0.15, 0.2) is 24.3 Å². The monoisotopic (exact) mass is 239 g/mol. The fourth-order valence-electron chi connectivity index (χ4n) is 0.974. The van der Waals surface area contributed by atoms with Crippen LogP contribution in [0.5, 0.6) is 5.75 Å². The second-order valence-corrected chi connectivity index (χ2v) is 3.22. The lowest BCUT2D eigenvalue weighted by molar-refractivity contribution is -0.115. The van der Waals surface area contributed by atoms with Gasteiger partial charge in [0.05, 0.1) is 0 Å². The number of hydrogen-bond donors (Lipinski definition) is 4. The number of carbonyl (C=O) groups is 2. The number of rotatable bonds is 2. The van der Waals surface area contributed by atoms with Crippen molar-refractivity contribution in [3.8, 4) is 5.75 Å². The van der Waals surface area contributed by atoms with Crippen LogP contribution in [0.2, 0.25) is 0 Å². The molecule has 0 bridgehead atoms. The van der Waals surface area contributed by atoms with Gasteiger partial charge in [-0.2, -0.15) is 0 Å². The van der Waals surface area contributed by atoms with Gasteiger partial charge in [-0.15, -0.1) is 0 Å². The van der Waals surface area contributed by atoms with E-state index >= 15 is 0 Å². The van der Waals surface area contributed by atoms with E-state index in [1.54, 1.807) is 0 Å². The van der Waals surface area contributed by atoms with Crippen LogP contribution in [0.25, 0.3) is 0 Å². The number of phenolic OH excluding ortho intramolecular Hbond substituents is 1. The third-order valence-corrected chi connectivity index (χ3v) is 1.89. The molecule has 0 aliphatic carbocycles. The van der Waals surface area contributed by atoms with Crippen molar-refractivity contribution in [1.29, 1.82) is 0 Å². The van der Waals surface area contributed by atoms with E-state index in [0.29, 0.717) is 0 Å². The highest BCUT2D eigenvalue weighted by Crippen LogP contribution is 2.11. The fourth-order valence-corrected chi connectivity index (χ4v) is 1.07. The third-order valence-electron chi connectivity index (χ3n) is 1.67. The molecule has 0 aromatic heterocycles. The van der Waals surface area contributed by atoms with Crippen molar-refractivity contribution < 1.29 is 14.7 Å². The topological polar surface area (TPSA) is 104 Å². The highest BCUT2D eigenvalue weighted by molar-refractivity contribution is 7.80. The van der Waals surface area contributed by atoms with Crippen molar-refractivity contribution in [2.45, 2.75) is 0 Å². The van der Waals surface area contributed by atoms with E-state index < -0.39 is 11.7 Å². The molecular weight excluding hydrogens is 230 g/mol. The number of thiocarbonyl (C=S) groups is 1. The molecule has 1 aromatic rings. The Bertz CT molecular complexity index is 447. The minimum atomic E-state index is -0.923. The number of ketones is 1. The molecule has 5 N–H and O–H groups in total. The number of amides is 1. The Kier molecular flexibility index (Phi) is 3.92. The predicted octanol–water partition coefficient (Wildman–Crippen LogP) is -0.561. The molecule has 0 saturated carbocycles. The smallest absolute Gasteiger partial charge is 0.298 e. The van der Waals surface area contributed by atoms with Gasteiger partial charge < -0.3 is 10.5 Å². The maximum atomic E-state index is 11.5. The van der Waals surface area contributed by atoms with Gasteiger partial charge in [0.2, 0.25) is 0 Å². The molecule has 0 aliphatic heterocycles. The van der Waals surface area contributed by atoms with Crippen LogP contribution in [-0.4, -0.2) is 21.9 Å². The third kappa shape index (κ3) is 3.01. The van der Waals surface area contributed by atoms with Gasteiger partial charge in [-0.3, -0.25) is 14.9 Å². The molecular formula is C9H9N3O3S. The summed E-state index contributed by atoms with van der Waals surface area (Å²) >= 11 is 4.56. The second-order valence-electron chi connectivity index (χ2n) is 2.81. The first-order valence-corrected chi connectivity index (χ1v) is 4.60. The lowest BCUT2D eigenvalue weighted by Gasteiger charge is -2.04. The quantitative estimate of drug-likeness (QED) is 0.181. The minimum Gasteiger partial charge on any atom is -0.508 e. The van der Waals surface area contributed by atoms with E-state index in [0.717, 1.165) is 0 Å². The number of nitrogens with two attached hydrogens (primary N) is 1. The van der Waals surface area contributed by atoms with Crippen LogP contribution in [0, 0.1) is 0 Å². The van der Waals surface area contributed by atoms with Gasteiger partial charge in [-0.25, -0.2) is 5.84 Å². The summed E-state index contributed by atoms with van der Waals surface area (Å²) in [7, 11) is 0. The maximum Gasteiger partial charge on any atom is 0.298 e. The van der Waals surface area contributed by atoms with Crippen LogP contribution >= 0.6 is 12.2 Å². The molecule has 16 heavy (non-hydrogen) atoms. The lowest BCUT2D eigenvalue weighted by atomic mass is 10.1. The second kappa shape index (κ2) is 5.19. The van der Waals surface area contributed by atoms with E-state index in [1.807, 2.05) is 5.43 Å². The van der Waals surface area contributed by atoms with E-state index in [9.17, 15) is 9.59 Å². The van der Waals surface area contributed by atoms with Crippen LogP contribution in [0.3, 0.4) is 0 Å². The average Bonchev–Trinajstić information content (AvgIpc) is 2.27. The number of hydrogen-bond acceptors (Lipinski definition) is 5.